The van der Waals surface area contributed by atoms with Crippen molar-refractivity contribution in [1.82, 2.24) is 0 Å². The molecule has 0 amide bonds. The van der Waals surface area contributed by atoms with Crippen molar-refractivity contribution in [2.45, 2.75) is 51.4 Å². The van der Waals surface area contributed by atoms with Gasteiger partial charge < -0.3 is 9.84 Å². The van der Waals surface area contributed by atoms with E-state index in [4.69, 9.17) is 4.74 Å². The maximum absolute atomic E-state index is 12.3. The maximum atomic E-state index is 12.3. The molecule has 3 aliphatic rings. The first-order valence-electron chi connectivity index (χ1n) is 8.48. The van der Waals surface area contributed by atoms with Crippen LogP contribution in [0.25, 0.3) is 0 Å². The molecule has 3 nitrogen and oxygen atoms in total. The summed E-state index contributed by atoms with van der Waals surface area (Å²) in [5, 5.41) is 10.0. The van der Waals surface area contributed by atoms with Crippen LogP contribution < -0.4 is 4.74 Å². The largest absolute Gasteiger partial charge is 0.504 e. The quantitative estimate of drug-likeness (QED) is 0.857. The first-order valence-corrected chi connectivity index (χ1v) is 8.48. The fraction of sp³-hybridized carbons (Fsp3) is 0.632. The predicted molar refractivity (Wildman–Crippen MR) is 84.3 cm³/mol. The normalized spacial score (nSPS) is 36.5. The molecule has 1 aromatic carbocycles. The summed E-state index contributed by atoms with van der Waals surface area (Å²) in [6, 6.07) is 3.86. The van der Waals surface area contributed by atoms with Crippen LogP contribution in [0.1, 0.15) is 56.1 Å². The van der Waals surface area contributed by atoms with Gasteiger partial charge in [0.25, 0.3) is 0 Å². The van der Waals surface area contributed by atoms with Gasteiger partial charge in [-0.2, -0.15) is 0 Å². The third-order valence-corrected chi connectivity index (χ3v) is 6.75. The number of phenolic OH excluding ortho intramolecular Hbond substituents is 1. The molecule has 3 heteroatoms. The molecule has 118 valence electrons. The minimum atomic E-state index is -0.0698. The molecule has 0 aromatic heterocycles. The summed E-state index contributed by atoms with van der Waals surface area (Å²) in [6.07, 6.45) is 6.02. The Morgan fingerprint density at radius 1 is 1.23 bits per heavy atom. The molecule has 0 unspecified atom stereocenters. The second kappa shape index (κ2) is 4.74. The number of carbonyl (C=O) groups is 1. The standard InChI is InChI=1S/C19H24O3/c1-19-10-9-12-11-5-7-16(20)18(22-2)14(11)4-3-13(12)15(19)6-8-17(19)21/h5,7,12-13,15,20H,3-4,6,8-10H2,1-2H3/t12-,13+,15+,19-/m0/s1. The van der Waals surface area contributed by atoms with E-state index in [1.54, 1.807) is 13.2 Å². The molecule has 1 N–H and O–H groups in total. The van der Waals surface area contributed by atoms with Crippen LogP contribution in [0.3, 0.4) is 0 Å². The van der Waals surface area contributed by atoms with E-state index in [1.807, 2.05) is 0 Å². The lowest BCUT2D eigenvalue weighted by atomic mass is 9.55. The van der Waals surface area contributed by atoms with Gasteiger partial charge in [0.2, 0.25) is 0 Å². The zero-order valence-corrected chi connectivity index (χ0v) is 13.4. The van der Waals surface area contributed by atoms with Crippen LogP contribution in [0.5, 0.6) is 11.5 Å². The van der Waals surface area contributed by atoms with Gasteiger partial charge in [-0.05, 0) is 61.5 Å². The maximum Gasteiger partial charge on any atom is 0.163 e. The summed E-state index contributed by atoms with van der Waals surface area (Å²) in [6.45, 7) is 2.20. The van der Waals surface area contributed by atoms with Crippen LogP contribution in [0.4, 0.5) is 0 Å². The van der Waals surface area contributed by atoms with Gasteiger partial charge in [-0.1, -0.05) is 13.0 Å². The van der Waals surface area contributed by atoms with E-state index in [2.05, 4.69) is 13.0 Å². The Hall–Kier alpha value is -1.51. The number of Topliss-reactive ketones (excluding diaryl/α,β-unsaturated/α-hetero) is 1. The number of hydrogen-bond donors (Lipinski definition) is 1. The summed E-state index contributed by atoms with van der Waals surface area (Å²) in [4.78, 5) is 12.3. The molecule has 0 heterocycles. The molecular weight excluding hydrogens is 276 g/mol. The Balaban J connectivity index is 1.75. The number of carbonyl (C=O) groups excluding carboxylic acids is 1. The molecule has 0 bridgehead atoms. The third-order valence-electron chi connectivity index (χ3n) is 6.75. The highest BCUT2D eigenvalue weighted by molar-refractivity contribution is 5.87. The van der Waals surface area contributed by atoms with Crippen molar-refractivity contribution in [3.63, 3.8) is 0 Å². The molecule has 0 saturated heterocycles. The molecule has 4 atom stereocenters. The minimum absolute atomic E-state index is 0.0698. The van der Waals surface area contributed by atoms with Crippen LogP contribution in [0.15, 0.2) is 12.1 Å². The molecule has 0 aliphatic heterocycles. The lowest BCUT2D eigenvalue weighted by molar-refractivity contribution is -0.129. The van der Waals surface area contributed by atoms with Crippen LogP contribution in [0, 0.1) is 17.3 Å². The zero-order chi connectivity index (χ0) is 15.5. The molecular formula is C19H24O3. The van der Waals surface area contributed by atoms with Gasteiger partial charge in [-0.15, -0.1) is 0 Å². The van der Waals surface area contributed by atoms with Crippen LogP contribution in [-0.4, -0.2) is 18.0 Å². The fourth-order valence-corrected chi connectivity index (χ4v) is 5.62. The fourth-order valence-electron chi connectivity index (χ4n) is 5.62. The molecule has 4 rings (SSSR count). The van der Waals surface area contributed by atoms with Crippen molar-refractivity contribution in [3.8, 4) is 11.5 Å². The summed E-state index contributed by atoms with van der Waals surface area (Å²) in [5.74, 6) is 3.09. The predicted octanol–water partition coefficient (Wildman–Crippen LogP) is 3.83. The molecule has 3 aliphatic carbocycles. The van der Waals surface area contributed by atoms with Crippen LogP contribution in [-0.2, 0) is 11.2 Å². The summed E-state index contributed by atoms with van der Waals surface area (Å²) >= 11 is 0. The molecule has 2 fully saturated rings. The Labute approximate surface area is 131 Å². The second-order valence-corrected chi connectivity index (χ2v) is 7.52. The van der Waals surface area contributed by atoms with Gasteiger partial charge in [-0.25, -0.2) is 0 Å². The Morgan fingerprint density at radius 3 is 2.82 bits per heavy atom. The topological polar surface area (TPSA) is 46.5 Å². The number of rotatable bonds is 1. The highest BCUT2D eigenvalue weighted by atomic mass is 16.5. The van der Waals surface area contributed by atoms with Crippen LogP contribution in [0.2, 0.25) is 0 Å². The summed E-state index contributed by atoms with van der Waals surface area (Å²) in [7, 11) is 1.63. The smallest absolute Gasteiger partial charge is 0.163 e. The molecule has 0 spiro atoms. The van der Waals surface area contributed by atoms with E-state index in [0.29, 0.717) is 29.3 Å². The lowest BCUT2D eigenvalue weighted by Crippen LogP contribution is -2.42. The third kappa shape index (κ3) is 1.71. The summed E-state index contributed by atoms with van der Waals surface area (Å²) in [5.41, 5.74) is 2.48. The SMILES string of the molecule is COc1c(O)ccc2c1CC[C@H]1[C@H]3CCC(=O)[C@@]3(C)CC[C@@H]21. The number of aromatic hydroxyl groups is 1. The second-order valence-electron chi connectivity index (χ2n) is 7.52. The number of fused-ring (bicyclic) bond motifs is 5. The van der Waals surface area contributed by atoms with Crippen molar-refractivity contribution < 1.29 is 14.6 Å². The van der Waals surface area contributed by atoms with E-state index in [9.17, 15) is 9.90 Å². The first-order chi connectivity index (χ1) is 10.6. The number of ketones is 1. The Kier molecular flexibility index (Phi) is 3.04. The van der Waals surface area contributed by atoms with E-state index < -0.39 is 0 Å². The Morgan fingerprint density at radius 2 is 2.05 bits per heavy atom. The van der Waals surface area contributed by atoms with E-state index in [0.717, 1.165) is 38.5 Å². The average Bonchev–Trinajstić information content (AvgIpc) is 2.82. The van der Waals surface area contributed by atoms with Crippen molar-refractivity contribution in [3.05, 3.63) is 23.3 Å². The van der Waals surface area contributed by atoms with Gasteiger partial charge in [0.05, 0.1) is 7.11 Å². The molecule has 0 radical (unpaired) electrons. The van der Waals surface area contributed by atoms with E-state index in [1.165, 1.54) is 11.1 Å². The minimum Gasteiger partial charge on any atom is -0.504 e. The Bertz CT molecular complexity index is 636. The highest BCUT2D eigenvalue weighted by Gasteiger charge is 2.54. The highest BCUT2D eigenvalue weighted by Crippen LogP contribution is 2.60. The average molecular weight is 300 g/mol. The number of phenols is 1. The van der Waals surface area contributed by atoms with Gasteiger partial charge in [0.15, 0.2) is 11.5 Å². The van der Waals surface area contributed by atoms with Gasteiger partial charge >= 0.3 is 0 Å². The summed E-state index contributed by atoms with van der Waals surface area (Å²) < 4.78 is 5.44. The monoisotopic (exact) mass is 300 g/mol. The van der Waals surface area contributed by atoms with E-state index >= 15 is 0 Å². The van der Waals surface area contributed by atoms with Crippen LogP contribution >= 0.6 is 0 Å². The zero-order valence-electron chi connectivity index (χ0n) is 13.4. The van der Waals surface area contributed by atoms with Gasteiger partial charge in [0, 0.05) is 17.4 Å². The van der Waals surface area contributed by atoms with Crippen molar-refractivity contribution in [2.24, 2.45) is 17.3 Å². The van der Waals surface area contributed by atoms with Crippen molar-refractivity contribution in [2.75, 3.05) is 7.11 Å². The molecule has 2 saturated carbocycles. The van der Waals surface area contributed by atoms with E-state index in [-0.39, 0.29) is 11.2 Å². The van der Waals surface area contributed by atoms with Gasteiger partial charge in [-0.3, -0.25) is 4.79 Å². The number of ether oxygens (including phenoxy) is 1. The number of hydrogen-bond acceptors (Lipinski definition) is 3. The number of methoxy groups -OCH3 is 1. The lowest BCUT2D eigenvalue weighted by Gasteiger charge is -2.48. The first kappa shape index (κ1) is 14.1. The van der Waals surface area contributed by atoms with Crippen molar-refractivity contribution in [1.29, 1.82) is 0 Å². The van der Waals surface area contributed by atoms with Gasteiger partial charge in [0.1, 0.15) is 5.78 Å². The number of benzene rings is 1. The van der Waals surface area contributed by atoms with Crippen molar-refractivity contribution >= 4 is 5.78 Å². The molecule has 22 heavy (non-hydrogen) atoms. The molecule has 1 aromatic rings.